The minimum absolute atomic E-state index is 0.151. The molecule has 3 aromatic carbocycles. The van der Waals surface area contributed by atoms with E-state index < -0.39 is 45.1 Å². The predicted molar refractivity (Wildman–Crippen MR) is 117 cm³/mol. The van der Waals surface area contributed by atoms with Crippen molar-refractivity contribution in [3.05, 3.63) is 101 Å². The second-order valence-corrected chi connectivity index (χ2v) is 9.72. The molecule has 3 aliphatic carbocycles. The molecule has 0 saturated carbocycles. The van der Waals surface area contributed by atoms with E-state index in [9.17, 15) is 22.8 Å². The van der Waals surface area contributed by atoms with E-state index in [4.69, 9.17) is 23.2 Å². The zero-order valence-electron chi connectivity index (χ0n) is 16.7. The smallest absolute Gasteiger partial charge is 0.274 e. The fourth-order valence-electron chi connectivity index (χ4n) is 5.74. The fraction of sp³-hybridized carbons (Fsp3) is 0.200. The van der Waals surface area contributed by atoms with E-state index >= 15 is 0 Å². The van der Waals surface area contributed by atoms with Gasteiger partial charge in [-0.05, 0) is 40.5 Å². The molecule has 3 nitrogen and oxygen atoms in total. The molecular weight excluding hydrogens is 474 g/mol. The van der Waals surface area contributed by atoms with Crippen LogP contribution in [0.5, 0.6) is 0 Å². The molecule has 1 fully saturated rings. The Morgan fingerprint density at radius 3 is 1.52 bits per heavy atom. The van der Waals surface area contributed by atoms with Crippen LogP contribution >= 0.6 is 23.2 Å². The molecule has 1 aliphatic heterocycles. The number of hydrogen-bond acceptors (Lipinski definition) is 2. The van der Waals surface area contributed by atoms with E-state index in [1.165, 1.54) is 12.1 Å². The Balaban J connectivity index is 1.60. The first-order chi connectivity index (χ1) is 15.6. The SMILES string of the molecule is O=C1[C@@H]2[C@H](C(=O)N1c1cccc(C(F)(F)F)c1)C1(Cl)c3ccccc3C2(Cl)c2ccccc21. The Morgan fingerprint density at radius 1 is 0.697 bits per heavy atom. The van der Waals surface area contributed by atoms with Crippen LogP contribution in [0.1, 0.15) is 27.8 Å². The standard InChI is InChI=1S/C25H14Cl2F3NO2/c26-23-15-8-1-2-9-16(15)24(27,18-11-4-3-10-17(18)23)20-19(23)21(32)31(22(20)33)14-7-5-6-13(12-14)25(28,29)30/h1-12,19-20H/t19-,20+,23?,24?. The normalized spacial score (nSPS) is 29.7. The number of halogens is 5. The molecular formula is C25H14Cl2F3NO2. The van der Waals surface area contributed by atoms with Gasteiger partial charge in [0.1, 0.15) is 9.75 Å². The third kappa shape index (κ3) is 2.38. The average Bonchev–Trinajstić information content (AvgIpc) is 3.08. The van der Waals surface area contributed by atoms with Gasteiger partial charge in [-0.25, -0.2) is 4.90 Å². The molecule has 0 radical (unpaired) electrons. The highest BCUT2D eigenvalue weighted by molar-refractivity contribution is 6.38. The van der Waals surface area contributed by atoms with Gasteiger partial charge >= 0.3 is 6.18 Å². The van der Waals surface area contributed by atoms with Crippen molar-refractivity contribution in [2.24, 2.45) is 11.8 Å². The predicted octanol–water partition coefficient (Wildman–Crippen LogP) is 5.80. The zero-order valence-corrected chi connectivity index (χ0v) is 18.2. The third-order valence-electron chi connectivity index (χ3n) is 7.02. The average molecular weight is 488 g/mol. The summed E-state index contributed by atoms with van der Waals surface area (Å²) in [5, 5.41) is 0. The number of rotatable bonds is 1. The van der Waals surface area contributed by atoms with Gasteiger partial charge in [-0.1, -0.05) is 54.6 Å². The number of benzene rings is 3. The van der Waals surface area contributed by atoms with Gasteiger partial charge in [0.15, 0.2) is 0 Å². The monoisotopic (exact) mass is 487 g/mol. The summed E-state index contributed by atoms with van der Waals surface area (Å²) in [6, 6.07) is 18.5. The van der Waals surface area contributed by atoms with Gasteiger partial charge in [0.25, 0.3) is 0 Å². The lowest BCUT2D eigenvalue weighted by Crippen LogP contribution is -2.57. The van der Waals surface area contributed by atoms with Crippen molar-refractivity contribution in [2.75, 3.05) is 4.90 Å². The van der Waals surface area contributed by atoms with E-state index in [1.807, 2.05) is 0 Å². The molecule has 0 unspecified atom stereocenters. The number of hydrogen-bond donors (Lipinski definition) is 0. The molecule has 7 rings (SSSR count). The number of imide groups is 1. The van der Waals surface area contributed by atoms with E-state index in [2.05, 4.69) is 0 Å². The second-order valence-electron chi connectivity index (χ2n) is 8.53. The van der Waals surface area contributed by atoms with Crippen LogP contribution in [0.25, 0.3) is 0 Å². The molecule has 1 heterocycles. The summed E-state index contributed by atoms with van der Waals surface area (Å²) >= 11 is 14.6. The quantitative estimate of drug-likeness (QED) is 0.321. The zero-order chi connectivity index (χ0) is 23.3. The van der Waals surface area contributed by atoms with Crippen LogP contribution in [-0.4, -0.2) is 11.8 Å². The van der Waals surface area contributed by atoms with Crippen molar-refractivity contribution in [3.8, 4) is 0 Å². The third-order valence-corrected chi connectivity index (χ3v) is 8.30. The van der Waals surface area contributed by atoms with Crippen LogP contribution in [0.4, 0.5) is 18.9 Å². The minimum atomic E-state index is -4.62. The molecule has 4 aliphatic rings. The molecule has 2 bridgehead atoms. The van der Waals surface area contributed by atoms with Gasteiger partial charge in [-0.2, -0.15) is 13.2 Å². The molecule has 2 amide bonds. The number of carbonyl (C=O) groups is 2. The van der Waals surface area contributed by atoms with Crippen molar-refractivity contribution in [2.45, 2.75) is 15.9 Å². The Hall–Kier alpha value is -2.83. The summed E-state index contributed by atoms with van der Waals surface area (Å²) in [6.07, 6.45) is -4.62. The van der Waals surface area contributed by atoms with E-state index in [-0.39, 0.29) is 5.69 Å². The first-order valence-corrected chi connectivity index (χ1v) is 11.0. The Kier molecular flexibility index (Phi) is 4.02. The second kappa shape index (κ2) is 6.39. The molecule has 0 N–H and O–H groups in total. The first-order valence-electron chi connectivity index (χ1n) is 10.2. The number of alkyl halides is 5. The molecule has 0 aromatic heterocycles. The summed E-state index contributed by atoms with van der Waals surface area (Å²) in [4.78, 5) is 25.6. The van der Waals surface area contributed by atoms with Crippen LogP contribution in [0, 0.1) is 11.8 Å². The van der Waals surface area contributed by atoms with Gasteiger partial charge in [-0.15, -0.1) is 23.2 Å². The van der Waals surface area contributed by atoms with Crippen LogP contribution in [0.15, 0.2) is 72.8 Å². The Labute approximate surface area is 196 Å². The van der Waals surface area contributed by atoms with Crippen molar-refractivity contribution < 1.29 is 22.8 Å². The van der Waals surface area contributed by atoms with Gasteiger partial charge in [-0.3, -0.25) is 9.59 Å². The summed E-state index contributed by atoms with van der Waals surface area (Å²) in [6.45, 7) is 0. The largest absolute Gasteiger partial charge is 0.416 e. The highest BCUT2D eigenvalue weighted by Gasteiger charge is 2.73. The number of carbonyl (C=O) groups excluding carboxylic acids is 2. The van der Waals surface area contributed by atoms with Crippen LogP contribution in [0.2, 0.25) is 0 Å². The maximum absolute atomic E-state index is 13.7. The molecule has 3 aromatic rings. The summed E-state index contributed by atoms with van der Waals surface area (Å²) in [5.41, 5.74) is 1.43. The van der Waals surface area contributed by atoms with Crippen molar-refractivity contribution in [1.82, 2.24) is 0 Å². The topological polar surface area (TPSA) is 37.4 Å². The lowest BCUT2D eigenvalue weighted by molar-refractivity contribution is -0.137. The summed E-state index contributed by atoms with van der Waals surface area (Å²) < 4.78 is 40.0. The maximum atomic E-state index is 13.7. The van der Waals surface area contributed by atoms with E-state index in [0.29, 0.717) is 22.3 Å². The lowest BCUT2D eigenvalue weighted by Gasteiger charge is -2.54. The van der Waals surface area contributed by atoms with Gasteiger partial charge in [0, 0.05) is 0 Å². The number of nitrogens with zero attached hydrogens (tertiary/aromatic N) is 1. The Bertz CT molecular complexity index is 1250. The maximum Gasteiger partial charge on any atom is 0.416 e. The number of anilines is 1. The highest BCUT2D eigenvalue weighted by atomic mass is 35.5. The first kappa shape index (κ1) is 20.8. The molecule has 166 valence electrons. The molecule has 0 spiro atoms. The van der Waals surface area contributed by atoms with E-state index in [0.717, 1.165) is 17.0 Å². The lowest BCUT2D eigenvalue weighted by atomic mass is 9.54. The summed E-state index contributed by atoms with van der Waals surface area (Å²) in [7, 11) is 0. The van der Waals surface area contributed by atoms with Gasteiger partial charge < -0.3 is 0 Å². The highest BCUT2D eigenvalue weighted by Crippen LogP contribution is 2.69. The number of amides is 2. The Morgan fingerprint density at radius 2 is 1.12 bits per heavy atom. The van der Waals surface area contributed by atoms with Crippen LogP contribution in [0.3, 0.4) is 0 Å². The van der Waals surface area contributed by atoms with Crippen molar-refractivity contribution in [1.29, 1.82) is 0 Å². The molecule has 2 atom stereocenters. The van der Waals surface area contributed by atoms with Gasteiger partial charge in [0.05, 0.1) is 23.1 Å². The molecule has 33 heavy (non-hydrogen) atoms. The van der Waals surface area contributed by atoms with Crippen molar-refractivity contribution >= 4 is 40.7 Å². The fourth-order valence-corrected chi connectivity index (χ4v) is 6.84. The van der Waals surface area contributed by atoms with Gasteiger partial charge in [0.2, 0.25) is 11.8 Å². The van der Waals surface area contributed by atoms with Crippen LogP contribution < -0.4 is 4.90 Å². The van der Waals surface area contributed by atoms with Crippen molar-refractivity contribution in [3.63, 3.8) is 0 Å². The summed E-state index contributed by atoms with van der Waals surface area (Å²) in [5.74, 6) is -3.45. The minimum Gasteiger partial charge on any atom is -0.274 e. The molecule has 1 saturated heterocycles. The van der Waals surface area contributed by atoms with Crippen LogP contribution in [-0.2, 0) is 25.5 Å². The molecule has 8 heteroatoms. The van der Waals surface area contributed by atoms with E-state index in [1.54, 1.807) is 48.5 Å².